The van der Waals surface area contributed by atoms with Gasteiger partial charge in [-0.15, -0.1) is 0 Å². The van der Waals surface area contributed by atoms with Crippen molar-refractivity contribution >= 4 is 11.8 Å². The fourth-order valence-electron chi connectivity index (χ4n) is 3.51. The minimum absolute atomic E-state index is 0.0436. The summed E-state index contributed by atoms with van der Waals surface area (Å²) in [5, 5.41) is 0. The average molecular weight is 285 g/mol. The summed E-state index contributed by atoms with van der Waals surface area (Å²) >= 11 is 0. The Morgan fingerprint density at radius 1 is 1.24 bits per heavy atom. The molecule has 3 rings (SSSR count). The molecular weight excluding hydrogens is 266 g/mol. The summed E-state index contributed by atoms with van der Waals surface area (Å²) in [5.74, 6) is 0.486. The first-order valence-electron chi connectivity index (χ1n) is 7.18. The topological polar surface area (TPSA) is 46.6 Å². The number of likely N-dealkylation sites (tertiary alicyclic amines) is 1. The van der Waals surface area contributed by atoms with Gasteiger partial charge in [-0.25, -0.2) is 0 Å². The molecule has 0 radical (unpaired) electrons. The Bertz CT molecular complexity index is 605. The normalized spacial score (nSPS) is 27.9. The lowest BCUT2D eigenvalue weighted by molar-refractivity contribution is -0.139. The monoisotopic (exact) mass is 285 g/mol. The first-order valence-corrected chi connectivity index (χ1v) is 7.18. The predicted octanol–water partition coefficient (Wildman–Crippen LogP) is 2.19. The maximum atomic E-state index is 12.6. The zero-order valence-corrected chi connectivity index (χ0v) is 12.3. The molecule has 0 N–H and O–H groups in total. The largest absolute Gasteiger partial charge is 0.497 e. The van der Waals surface area contributed by atoms with Gasteiger partial charge in [0.1, 0.15) is 5.75 Å². The molecule has 1 aliphatic heterocycles. The summed E-state index contributed by atoms with van der Waals surface area (Å²) in [4.78, 5) is 26.2. The Balaban J connectivity index is 1.94. The number of allylic oxidation sites excluding steroid dienone is 2. The Hall–Kier alpha value is -2.10. The third-order valence-electron chi connectivity index (χ3n) is 4.73. The molecule has 1 aromatic carbocycles. The van der Waals surface area contributed by atoms with Crippen molar-refractivity contribution in [3.63, 3.8) is 0 Å². The highest BCUT2D eigenvalue weighted by Gasteiger charge is 2.57. The van der Waals surface area contributed by atoms with E-state index in [-0.39, 0.29) is 17.7 Å². The van der Waals surface area contributed by atoms with Crippen LogP contribution >= 0.6 is 0 Å². The third kappa shape index (κ3) is 2.06. The van der Waals surface area contributed by atoms with Crippen molar-refractivity contribution in [2.45, 2.75) is 19.3 Å². The Kier molecular flexibility index (Phi) is 3.32. The van der Waals surface area contributed by atoms with Crippen LogP contribution in [0.3, 0.4) is 0 Å². The number of nitrogens with zero attached hydrogens (tertiary/aromatic N) is 1. The van der Waals surface area contributed by atoms with Gasteiger partial charge in [0.25, 0.3) is 0 Å². The van der Waals surface area contributed by atoms with Gasteiger partial charge in [-0.1, -0.05) is 24.3 Å². The molecule has 1 saturated heterocycles. The van der Waals surface area contributed by atoms with Crippen LogP contribution < -0.4 is 4.74 Å². The lowest BCUT2D eigenvalue weighted by Crippen LogP contribution is -2.38. The average Bonchev–Trinajstić information content (AvgIpc) is 2.71. The maximum absolute atomic E-state index is 12.6. The summed E-state index contributed by atoms with van der Waals surface area (Å²) in [6.07, 6.45) is 5.94. The molecule has 4 nitrogen and oxygen atoms in total. The van der Waals surface area contributed by atoms with Crippen LogP contribution in [0.15, 0.2) is 36.4 Å². The number of carbonyl (C=O) groups excluding carboxylic acids is 2. The quantitative estimate of drug-likeness (QED) is 0.632. The van der Waals surface area contributed by atoms with Crippen molar-refractivity contribution in [1.29, 1.82) is 0 Å². The van der Waals surface area contributed by atoms with Gasteiger partial charge in [-0.05, 0) is 37.0 Å². The highest BCUT2D eigenvalue weighted by molar-refractivity contribution is 6.07. The molecule has 0 unspecified atom stereocenters. The summed E-state index contributed by atoms with van der Waals surface area (Å²) in [6, 6.07) is 7.73. The van der Waals surface area contributed by atoms with E-state index in [4.69, 9.17) is 4.74 Å². The minimum Gasteiger partial charge on any atom is -0.497 e. The van der Waals surface area contributed by atoms with E-state index < -0.39 is 5.41 Å². The lowest BCUT2D eigenvalue weighted by atomic mass is 9.67. The van der Waals surface area contributed by atoms with Crippen LogP contribution in [0.4, 0.5) is 0 Å². The van der Waals surface area contributed by atoms with E-state index >= 15 is 0 Å². The molecule has 1 aliphatic carbocycles. The van der Waals surface area contributed by atoms with E-state index in [1.807, 2.05) is 36.4 Å². The van der Waals surface area contributed by atoms with Crippen LogP contribution in [0.5, 0.6) is 5.75 Å². The third-order valence-corrected chi connectivity index (χ3v) is 4.73. The van der Waals surface area contributed by atoms with E-state index in [0.717, 1.165) is 11.3 Å². The Morgan fingerprint density at radius 3 is 2.62 bits per heavy atom. The zero-order valence-electron chi connectivity index (χ0n) is 12.3. The molecule has 4 heteroatoms. The van der Waals surface area contributed by atoms with E-state index in [0.29, 0.717) is 19.3 Å². The smallest absolute Gasteiger partial charge is 0.236 e. The van der Waals surface area contributed by atoms with Gasteiger partial charge in [0.15, 0.2) is 0 Å². The number of ether oxygens (including phenoxy) is 1. The summed E-state index contributed by atoms with van der Waals surface area (Å²) in [6.45, 7) is 0. The van der Waals surface area contributed by atoms with Crippen LogP contribution in [0.25, 0.3) is 0 Å². The molecule has 2 amide bonds. The fraction of sp³-hybridized carbons (Fsp3) is 0.412. The van der Waals surface area contributed by atoms with Gasteiger partial charge in [-0.2, -0.15) is 0 Å². The number of benzene rings is 1. The molecule has 0 spiro atoms. The number of rotatable bonds is 3. The molecule has 1 fully saturated rings. The minimum atomic E-state index is -0.602. The summed E-state index contributed by atoms with van der Waals surface area (Å²) < 4.78 is 5.16. The molecule has 1 heterocycles. The van der Waals surface area contributed by atoms with Gasteiger partial charge in [-0.3, -0.25) is 14.5 Å². The number of carbonyl (C=O) groups is 2. The van der Waals surface area contributed by atoms with Crippen molar-refractivity contribution in [2.24, 2.45) is 11.3 Å². The van der Waals surface area contributed by atoms with Crippen molar-refractivity contribution in [2.75, 3.05) is 14.2 Å². The second-order valence-corrected chi connectivity index (χ2v) is 5.85. The van der Waals surface area contributed by atoms with Gasteiger partial charge in [0, 0.05) is 7.05 Å². The summed E-state index contributed by atoms with van der Waals surface area (Å²) in [5.41, 5.74) is 0.461. The van der Waals surface area contributed by atoms with Crippen LogP contribution in [-0.4, -0.2) is 30.9 Å². The van der Waals surface area contributed by atoms with Crippen molar-refractivity contribution in [1.82, 2.24) is 4.90 Å². The standard InChI is InChI=1S/C17H19NO3/c1-18-15(19)14-5-3-4-10-17(14,16(18)20)11-12-6-8-13(21-2)9-7-12/h3-4,6-9,14H,5,10-11H2,1-2H3/t14-,17+/m0/s1. The second kappa shape index (κ2) is 5.02. The lowest BCUT2D eigenvalue weighted by Gasteiger charge is -2.32. The highest BCUT2D eigenvalue weighted by Crippen LogP contribution is 2.47. The first-order chi connectivity index (χ1) is 10.1. The van der Waals surface area contributed by atoms with Gasteiger partial charge >= 0.3 is 0 Å². The maximum Gasteiger partial charge on any atom is 0.236 e. The van der Waals surface area contributed by atoms with Crippen LogP contribution in [0.2, 0.25) is 0 Å². The number of fused-ring (bicyclic) bond motifs is 1. The summed E-state index contributed by atoms with van der Waals surface area (Å²) in [7, 11) is 3.22. The number of hydrogen-bond donors (Lipinski definition) is 0. The van der Waals surface area contributed by atoms with Gasteiger partial charge < -0.3 is 4.74 Å². The SMILES string of the molecule is COc1ccc(C[C@]23CC=CC[C@H]2C(=O)N(C)C3=O)cc1. The van der Waals surface area contributed by atoms with Crippen molar-refractivity contribution < 1.29 is 14.3 Å². The fourth-order valence-corrected chi connectivity index (χ4v) is 3.51. The van der Waals surface area contributed by atoms with Gasteiger partial charge in [0.2, 0.25) is 11.8 Å². The van der Waals surface area contributed by atoms with Crippen LogP contribution in [0, 0.1) is 11.3 Å². The Morgan fingerprint density at radius 2 is 1.95 bits per heavy atom. The zero-order chi connectivity index (χ0) is 15.0. The number of amides is 2. The number of methoxy groups -OCH3 is 1. The first kappa shape index (κ1) is 13.9. The van der Waals surface area contributed by atoms with E-state index in [2.05, 4.69) is 0 Å². The number of hydrogen-bond acceptors (Lipinski definition) is 3. The second-order valence-electron chi connectivity index (χ2n) is 5.85. The molecular formula is C17H19NO3. The predicted molar refractivity (Wildman–Crippen MR) is 78.8 cm³/mol. The number of imide groups is 1. The van der Waals surface area contributed by atoms with E-state index in [9.17, 15) is 9.59 Å². The van der Waals surface area contributed by atoms with Gasteiger partial charge in [0.05, 0.1) is 18.4 Å². The molecule has 110 valence electrons. The molecule has 2 aliphatic rings. The highest BCUT2D eigenvalue weighted by atomic mass is 16.5. The van der Waals surface area contributed by atoms with Crippen LogP contribution in [-0.2, 0) is 16.0 Å². The molecule has 1 aromatic rings. The van der Waals surface area contributed by atoms with E-state index in [1.54, 1.807) is 14.2 Å². The molecule has 0 aromatic heterocycles. The van der Waals surface area contributed by atoms with E-state index in [1.165, 1.54) is 4.90 Å². The van der Waals surface area contributed by atoms with Crippen molar-refractivity contribution in [3.8, 4) is 5.75 Å². The Labute approximate surface area is 124 Å². The van der Waals surface area contributed by atoms with Crippen LogP contribution in [0.1, 0.15) is 18.4 Å². The van der Waals surface area contributed by atoms with Crippen molar-refractivity contribution in [3.05, 3.63) is 42.0 Å². The molecule has 0 bridgehead atoms. The molecule has 0 saturated carbocycles. The molecule has 2 atom stereocenters. The molecule has 21 heavy (non-hydrogen) atoms.